The van der Waals surface area contributed by atoms with Crippen LogP contribution in [-0.2, 0) is 13.2 Å². The molecule has 2 rings (SSSR count). The van der Waals surface area contributed by atoms with Gasteiger partial charge in [-0.15, -0.1) is 0 Å². The number of amides is 2. The van der Waals surface area contributed by atoms with Crippen molar-refractivity contribution in [3.8, 4) is 0 Å². The van der Waals surface area contributed by atoms with Crippen LogP contribution in [0, 0.1) is 0 Å². The lowest BCUT2D eigenvalue weighted by Gasteiger charge is -2.11. The van der Waals surface area contributed by atoms with Gasteiger partial charge < -0.3 is 10.6 Å². The van der Waals surface area contributed by atoms with Crippen molar-refractivity contribution in [2.45, 2.75) is 26.1 Å². The molecule has 1 aromatic carbocycles. The van der Waals surface area contributed by atoms with Gasteiger partial charge in [-0.1, -0.05) is 0 Å². The van der Waals surface area contributed by atoms with Gasteiger partial charge in [-0.3, -0.25) is 14.3 Å². The maximum absolute atomic E-state index is 12.6. The van der Waals surface area contributed by atoms with Crippen LogP contribution in [0.3, 0.4) is 0 Å². The molecule has 0 saturated carbocycles. The number of aryl methyl sites for hydroxylation is 1. The first-order chi connectivity index (χ1) is 11.6. The van der Waals surface area contributed by atoms with Gasteiger partial charge >= 0.3 is 6.18 Å². The van der Waals surface area contributed by atoms with E-state index in [9.17, 15) is 22.8 Å². The summed E-state index contributed by atoms with van der Waals surface area (Å²) in [5, 5.41) is 9.12. The maximum Gasteiger partial charge on any atom is 0.416 e. The predicted molar refractivity (Wildman–Crippen MR) is 85.2 cm³/mol. The Hall–Kier alpha value is -2.84. The molecule has 6 nitrogen and oxygen atoms in total. The summed E-state index contributed by atoms with van der Waals surface area (Å²) in [6.07, 6.45) is -3.17. The van der Waals surface area contributed by atoms with E-state index >= 15 is 0 Å². The van der Waals surface area contributed by atoms with Crippen molar-refractivity contribution in [1.29, 1.82) is 0 Å². The maximum atomic E-state index is 12.6. The molecule has 0 saturated heterocycles. The Morgan fingerprint density at radius 2 is 1.72 bits per heavy atom. The molecular formula is C16H17F3N4O2. The number of nitrogens with one attached hydrogen (secondary N) is 2. The van der Waals surface area contributed by atoms with Crippen LogP contribution in [0.1, 0.15) is 40.1 Å². The second-order valence-corrected chi connectivity index (χ2v) is 5.69. The predicted octanol–water partition coefficient (Wildman–Crippen LogP) is 2.83. The number of alkyl halides is 3. The van der Waals surface area contributed by atoms with Crippen molar-refractivity contribution in [2.24, 2.45) is 7.05 Å². The van der Waals surface area contributed by atoms with Crippen LogP contribution in [0.4, 0.5) is 19.0 Å². The molecule has 2 amide bonds. The van der Waals surface area contributed by atoms with Crippen LogP contribution >= 0.6 is 0 Å². The van der Waals surface area contributed by atoms with Crippen molar-refractivity contribution in [3.63, 3.8) is 0 Å². The van der Waals surface area contributed by atoms with E-state index in [2.05, 4.69) is 15.7 Å². The Bertz CT molecular complexity index is 780. The highest BCUT2D eigenvalue weighted by Gasteiger charge is 2.30. The summed E-state index contributed by atoms with van der Waals surface area (Å²) in [6, 6.07) is 3.69. The van der Waals surface area contributed by atoms with E-state index in [1.807, 2.05) is 0 Å². The number of aromatic nitrogens is 2. The van der Waals surface area contributed by atoms with Crippen LogP contribution in [0.15, 0.2) is 30.5 Å². The second kappa shape index (κ2) is 6.96. The zero-order valence-electron chi connectivity index (χ0n) is 13.8. The number of carbonyl (C=O) groups is 2. The molecule has 0 aliphatic rings. The Morgan fingerprint density at radius 1 is 1.12 bits per heavy atom. The van der Waals surface area contributed by atoms with E-state index in [1.54, 1.807) is 13.8 Å². The Kier molecular flexibility index (Phi) is 5.15. The average molecular weight is 354 g/mol. The van der Waals surface area contributed by atoms with Gasteiger partial charge in [-0.05, 0) is 38.1 Å². The lowest BCUT2D eigenvalue weighted by Crippen LogP contribution is -2.31. The van der Waals surface area contributed by atoms with Gasteiger partial charge in [0, 0.05) is 18.7 Å². The van der Waals surface area contributed by atoms with Crippen LogP contribution in [0.25, 0.3) is 0 Å². The summed E-state index contributed by atoms with van der Waals surface area (Å²) < 4.78 is 39.0. The third kappa shape index (κ3) is 4.37. The van der Waals surface area contributed by atoms with Crippen LogP contribution in [0.5, 0.6) is 0 Å². The number of carbonyl (C=O) groups excluding carboxylic acids is 2. The van der Waals surface area contributed by atoms with Crippen molar-refractivity contribution in [3.05, 3.63) is 47.2 Å². The molecule has 134 valence electrons. The first kappa shape index (κ1) is 18.5. The molecule has 0 fully saturated rings. The van der Waals surface area contributed by atoms with Gasteiger partial charge in [-0.25, -0.2) is 0 Å². The standard InChI is InChI=1S/C16H17F3N4O2/c1-9(2)21-15(25)12-8-20-23(3)13(12)22-14(24)10-4-6-11(7-5-10)16(17,18)19/h4-9H,1-3H3,(H,21,25)(H,22,24). The number of rotatable bonds is 4. The molecule has 1 aromatic heterocycles. The molecule has 0 atom stereocenters. The number of hydrogen-bond acceptors (Lipinski definition) is 3. The molecular weight excluding hydrogens is 337 g/mol. The van der Waals surface area contributed by atoms with E-state index in [4.69, 9.17) is 0 Å². The number of benzene rings is 1. The van der Waals surface area contributed by atoms with Gasteiger partial charge in [0.05, 0.1) is 11.8 Å². The van der Waals surface area contributed by atoms with Gasteiger partial charge in [0.1, 0.15) is 11.4 Å². The van der Waals surface area contributed by atoms with Gasteiger partial charge in [0.2, 0.25) is 0 Å². The third-order valence-corrected chi connectivity index (χ3v) is 3.31. The molecule has 2 aromatic rings. The van der Waals surface area contributed by atoms with Gasteiger partial charge in [0.25, 0.3) is 11.8 Å². The first-order valence-electron chi connectivity index (χ1n) is 7.41. The van der Waals surface area contributed by atoms with Crippen molar-refractivity contribution < 1.29 is 22.8 Å². The monoisotopic (exact) mass is 354 g/mol. The van der Waals surface area contributed by atoms with Crippen LogP contribution < -0.4 is 10.6 Å². The lowest BCUT2D eigenvalue weighted by atomic mass is 10.1. The minimum absolute atomic E-state index is 0.0319. The van der Waals surface area contributed by atoms with E-state index in [1.165, 1.54) is 17.9 Å². The SMILES string of the molecule is CC(C)NC(=O)c1cnn(C)c1NC(=O)c1ccc(C(F)(F)F)cc1. The van der Waals surface area contributed by atoms with Crippen molar-refractivity contribution in [2.75, 3.05) is 5.32 Å². The van der Waals surface area contributed by atoms with Gasteiger partial charge in [0.15, 0.2) is 0 Å². The van der Waals surface area contributed by atoms with Gasteiger partial charge in [-0.2, -0.15) is 18.3 Å². The topological polar surface area (TPSA) is 76.0 Å². The lowest BCUT2D eigenvalue weighted by molar-refractivity contribution is -0.137. The second-order valence-electron chi connectivity index (χ2n) is 5.69. The van der Waals surface area contributed by atoms with E-state index < -0.39 is 23.6 Å². The normalized spacial score (nSPS) is 11.5. The minimum atomic E-state index is -4.47. The summed E-state index contributed by atoms with van der Waals surface area (Å²) in [5.41, 5.74) is -0.650. The average Bonchev–Trinajstić information content (AvgIpc) is 2.87. The smallest absolute Gasteiger partial charge is 0.350 e. The fraction of sp³-hybridized carbons (Fsp3) is 0.312. The number of nitrogens with zero attached hydrogens (tertiary/aromatic N) is 2. The van der Waals surface area contributed by atoms with Crippen LogP contribution in [-0.4, -0.2) is 27.6 Å². The summed E-state index contributed by atoms with van der Waals surface area (Å²) in [7, 11) is 1.54. The number of hydrogen-bond donors (Lipinski definition) is 2. The first-order valence-corrected chi connectivity index (χ1v) is 7.41. The van der Waals surface area contributed by atoms with Crippen molar-refractivity contribution in [1.82, 2.24) is 15.1 Å². The summed E-state index contributed by atoms with van der Waals surface area (Å²) in [6.45, 7) is 3.57. The zero-order chi connectivity index (χ0) is 18.8. The molecule has 0 spiro atoms. The molecule has 0 bridgehead atoms. The zero-order valence-corrected chi connectivity index (χ0v) is 13.8. The van der Waals surface area contributed by atoms with E-state index in [-0.39, 0.29) is 23.0 Å². The summed E-state index contributed by atoms with van der Waals surface area (Å²) >= 11 is 0. The largest absolute Gasteiger partial charge is 0.416 e. The Balaban J connectivity index is 2.21. The Labute approximate surface area is 142 Å². The molecule has 9 heteroatoms. The summed E-state index contributed by atoms with van der Waals surface area (Å²) in [4.78, 5) is 24.4. The van der Waals surface area contributed by atoms with E-state index in [0.717, 1.165) is 24.3 Å². The molecule has 0 aliphatic carbocycles. The van der Waals surface area contributed by atoms with Crippen LogP contribution in [0.2, 0.25) is 0 Å². The molecule has 25 heavy (non-hydrogen) atoms. The fourth-order valence-electron chi connectivity index (χ4n) is 2.08. The fourth-order valence-corrected chi connectivity index (χ4v) is 2.08. The summed E-state index contributed by atoms with van der Waals surface area (Å²) in [5.74, 6) is -0.898. The van der Waals surface area contributed by atoms with E-state index in [0.29, 0.717) is 0 Å². The highest BCUT2D eigenvalue weighted by molar-refractivity contribution is 6.08. The Morgan fingerprint density at radius 3 is 2.24 bits per heavy atom. The molecule has 2 N–H and O–H groups in total. The molecule has 0 radical (unpaired) electrons. The van der Waals surface area contributed by atoms with Crippen molar-refractivity contribution >= 4 is 17.6 Å². The number of halogens is 3. The molecule has 1 heterocycles. The highest BCUT2D eigenvalue weighted by atomic mass is 19.4. The minimum Gasteiger partial charge on any atom is -0.350 e. The third-order valence-electron chi connectivity index (χ3n) is 3.31. The quantitative estimate of drug-likeness (QED) is 0.886. The number of anilines is 1. The molecule has 0 unspecified atom stereocenters. The highest BCUT2D eigenvalue weighted by Crippen LogP contribution is 2.29. The molecule has 0 aliphatic heterocycles.